The summed E-state index contributed by atoms with van der Waals surface area (Å²) in [4.78, 5) is 0. The standard InChI is InChI=1S/C15H21N3O/c1-5-14(16)12-7-6-8-13(9-12)19-15-10(2)17-18(4)11(15)3/h6-9,14H,5,16H2,1-4H3. The Morgan fingerprint density at radius 3 is 2.68 bits per heavy atom. The minimum absolute atomic E-state index is 0.0552. The van der Waals surface area contributed by atoms with Crippen molar-refractivity contribution in [3.05, 3.63) is 41.2 Å². The molecule has 0 amide bonds. The normalized spacial score (nSPS) is 12.5. The van der Waals surface area contributed by atoms with Gasteiger partial charge in [0.05, 0.1) is 5.69 Å². The molecule has 0 fully saturated rings. The number of ether oxygens (including phenoxy) is 1. The van der Waals surface area contributed by atoms with Gasteiger partial charge in [-0.15, -0.1) is 0 Å². The summed E-state index contributed by atoms with van der Waals surface area (Å²) in [6.45, 7) is 6.02. The van der Waals surface area contributed by atoms with Crippen molar-refractivity contribution in [2.75, 3.05) is 0 Å². The Morgan fingerprint density at radius 2 is 2.11 bits per heavy atom. The maximum atomic E-state index is 6.05. The average molecular weight is 259 g/mol. The van der Waals surface area contributed by atoms with Crippen molar-refractivity contribution in [3.8, 4) is 11.5 Å². The van der Waals surface area contributed by atoms with Crippen molar-refractivity contribution in [3.63, 3.8) is 0 Å². The van der Waals surface area contributed by atoms with Crippen molar-refractivity contribution in [2.45, 2.75) is 33.2 Å². The molecule has 1 heterocycles. The Kier molecular flexibility index (Phi) is 3.90. The zero-order valence-corrected chi connectivity index (χ0v) is 12.0. The smallest absolute Gasteiger partial charge is 0.171 e. The van der Waals surface area contributed by atoms with Gasteiger partial charge in [0, 0.05) is 13.1 Å². The molecular weight excluding hydrogens is 238 g/mol. The van der Waals surface area contributed by atoms with Crippen LogP contribution in [0.4, 0.5) is 0 Å². The molecule has 2 N–H and O–H groups in total. The van der Waals surface area contributed by atoms with E-state index in [1.807, 2.05) is 49.8 Å². The first-order valence-electron chi connectivity index (χ1n) is 6.56. The molecule has 0 saturated carbocycles. The molecule has 0 aliphatic rings. The van der Waals surface area contributed by atoms with Crippen LogP contribution in [0.15, 0.2) is 24.3 Å². The Hall–Kier alpha value is -1.81. The molecule has 0 spiro atoms. The summed E-state index contributed by atoms with van der Waals surface area (Å²) < 4.78 is 7.78. The first-order chi connectivity index (χ1) is 9.02. The minimum atomic E-state index is 0.0552. The fourth-order valence-corrected chi connectivity index (χ4v) is 2.06. The molecule has 0 bridgehead atoms. The van der Waals surface area contributed by atoms with Crippen LogP contribution in [-0.2, 0) is 7.05 Å². The van der Waals surface area contributed by atoms with Gasteiger partial charge in [-0.25, -0.2) is 0 Å². The van der Waals surface area contributed by atoms with Crippen LogP contribution in [0.25, 0.3) is 0 Å². The first kappa shape index (κ1) is 13.6. The van der Waals surface area contributed by atoms with Crippen LogP contribution in [0.1, 0.15) is 36.3 Å². The molecule has 2 aromatic rings. The Bertz CT molecular complexity index is 575. The third-order valence-electron chi connectivity index (χ3n) is 3.39. The van der Waals surface area contributed by atoms with E-state index in [1.54, 1.807) is 0 Å². The molecule has 102 valence electrons. The lowest BCUT2D eigenvalue weighted by Gasteiger charge is -2.11. The topological polar surface area (TPSA) is 53.1 Å². The highest BCUT2D eigenvalue weighted by atomic mass is 16.5. The molecule has 0 radical (unpaired) electrons. The lowest BCUT2D eigenvalue weighted by molar-refractivity contribution is 0.472. The van der Waals surface area contributed by atoms with E-state index in [0.29, 0.717) is 0 Å². The van der Waals surface area contributed by atoms with Crippen molar-refractivity contribution in [1.82, 2.24) is 9.78 Å². The van der Waals surface area contributed by atoms with E-state index in [0.717, 1.165) is 34.9 Å². The van der Waals surface area contributed by atoms with E-state index in [9.17, 15) is 0 Å². The second-order valence-electron chi connectivity index (χ2n) is 4.81. The molecule has 0 aliphatic heterocycles. The van der Waals surface area contributed by atoms with Crippen LogP contribution in [0.3, 0.4) is 0 Å². The van der Waals surface area contributed by atoms with Gasteiger partial charge in [-0.1, -0.05) is 19.1 Å². The van der Waals surface area contributed by atoms with Crippen LogP contribution >= 0.6 is 0 Å². The Labute approximate surface area is 114 Å². The number of aromatic nitrogens is 2. The number of hydrogen-bond acceptors (Lipinski definition) is 3. The summed E-state index contributed by atoms with van der Waals surface area (Å²) in [6, 6.07) is 8.00. The fourth-order valence-electron chi connectivity index (χ4n) is 2.06. The second-order valence-corrected chi connectivity index (χ2v) is 4.81. The quantitative estimate of drug-likeness (QED) is 0.917. The molecule has 1 unspecified atom stereocenters. The molecule has 4 nitrogen and oxygen atoms in total. The molecule has 4 heteroatoms. The van der Waals surface area contributed by atoms with Gasteiger partial charge < -0.3 is 10.5 Å². The summed E-state index contributed by atoms with van der Waals surface area (Å²) in [5.74, 6) is 1.63. The zero-order valence-electron chi connectivity index (χ0n) is 12.0. The van der Waals surface area contributed by atoms with Gasteiger partial charge >= 0.3 is 0 Å². The predicted molar refractivity (Wildman–Crippen MR) is 76.4 cm³/mol. The Balaban J connectivity index is 2.28. The molecule has 19 heavy (non-hydrogen) atoms. The van der Waals surface area contributed by atoms with E-state index in [2.05, 4.69) is 12.0 Å². The fraction of sp³-hybridized carbons (Fsp3) is 0.400. The zero-order chi connectivity index (χ0) is 14.0. The summed E-state index contributed by atoms with van der Waals surface area (Å²) in [5, 5.41) is 4.35. The number of rotatable bonds is 4. The van der Waals surface area contributed by atoms with E-state index >= 15 is 0 Å². The lowest BCUT2D eigenvalue weighted by Crippen LogP contribution is -2.08. The van der Waals surface area contributed by atoms with Gasteiger partial charge in [0.25, 0.3) is 0 Å². The van der Waals surface area contributed by atoms with E-state index in [1.165, 1.54) is 0 Å². The maximum Gasteiger partial charge on any atom is 0.171 e. The predicted octanol–water partition coefficient (Wildman–Crippen LogP) is 3.24. The highest BCUT2D eigenvalue weighted by Crippen LogP contribution is 2.29. The van der Waals surface area contributed by atoms with Crippen LogP contribution in [0, 0.1) is 13.8 Å². The van der Waals surface area contributed by atoms with Gasteiger partial charge in [-0.3, -0.25) is 4.68 Å². The van der Waals surface area contributed by atoms with Crippen molar-refractivity contribution < 1.29 is 4.74 Å². The van der Waals surface area contributed by atoms with Gasteiger partial charge in [-0.05, 0) is 38.0 Å². The molecule has 1 aromatic carbocycles. The van der Waals surface area contributed by atoms with E-state index in [4.69, 9.17) is 10.5 Å². The van der Waals surface area contributed by atoms with Gasteiger partial charge in [0.15, 0.2) is 5.75 Å². The number of benzene rings is 1. The van der Waals surface area contributed by atoms with E-state index in [-0.39, 0.29) is 6.04 Å². The molecule has 0 aliphatic carbocycles. The number of aryl methyl sites for hydroxylation is 2. The number of hydrogen-bond donors (Lipinski definition) is 1. The molecule has 0 saturated heterocycles. The number of nitrogens with two attached hydrogens (primary N) is 1. The monoisotopic (exact) mass is 259 g/mol. The van der Waals surface area contributed by atoms with Crippen molar-refractivity contribution >= 4 is 0 Å². The molecule has 1 aromatic heterocycles. The average Bonchev–Trinajstić information content (AvgIpc) is 2.65. The van der Waals surface area contributed by atoms with Gasteiger partial charge in [0.1, 0.15) is 11.4 Å². The van der Waals surface area contributed by atoms with E-state index < -0.39 is 0 Å². The van der Waals surface area contributed by atoms with Crippen molar-refractivity contribution in [1.29, 1.82) is 0 Å². The van der Waals surface area contributed by atoms with Crippen molar-refractivity contribution in [2.24, 2.45) is 12.8 Å². The van der Waals surface area contributed by atoms with Crippen LogP contribution < -0.4 is 10.5 Å². The second kappa shape index (κ2) is 5.45. The third-order valence-corrected chi connectivity index (χ3v) is 3.39. The lowest BCUT2D eigenvalue weighted by atomic mass is 10.1. The molecule has 2 rings (SSSR count). The van der Waals surface area contributed by atoms with Gasteiger partial charge in [-0.2, -0.15) is 5.10 Å². The summed E-state index contributed by atoms with van der Waals surface area (Å²) >= 11 is 0. The SMILES string of the molecule is CCC(N)c1cccc(Oc2c(C)nn(C)c2C)c1. The third kappa shape index (κ3) is 2.79. The highest BCUT2D eigenvalue weighted by Gasteiger charge is 2.12. The van der Waals surface area contributed by atoms with Crippen LogP contribution in [0.5, 0.6) is 11.5 Å². The van der Waals surface area contributed by atoms with Crippen LogP contribution in [-0.4, -0.2) is 9.78 Å². The summed E-state index contributed by atoms with van der Waals surface area (Å²) in [7, 11) is 1.92. The first-order valence-corrected chi connectivity index (χ1v) is 6.56. The maximum absolute atomic E-state index is 6.05. The largest absolute Gasteiger partial charge is 0.453 e. The highest BCUT2D eigenvalue weighted by molar-refractivity contribution is 5.39. The summed E-state index contributed by atoms with van der Waals surface area (Å²) in [5.41, 5.74) is 9.05. The van der Waals surface area contributed by atoms with Gasteiger partial charge in [0.2, 0.25) is 0 Å². The summed E-state index contributed by atoms with van der Waals surface area (Å²) in [6.07, 6.45) is 0.911. The van der Waals surface area contributed by atoms with Crippen LogP contribution in [0.2, 0.25) is 0 Å². The molecule has 1 atom stereocenters. The minimum Gasteiger partial charge on any atom is -0.453 e. The number of nitrogens with zero attached hydrogens (tertiary/aromatic N) is 2. The molecular formula is C15H21N3O. The Morgan fingerprint density at radius 1 is 1.37 bits per heavy atom.